The molecule has 138 valence electrons. The van der Waals surface area contributed by atoms with Crippen LogP contribution < -0.4 is 26.0 Å². The van der Waals surface area contributed by atoms with Crippen LogP contribution in [0.15, 0.2) is 56.8 Å². The smallest absolute Gasteiger partial charge is 0.328 e. The van der Waals surface area contributed by atoms with Crippen LogP contribution in [-0.4, -0.2) is 22.3 Å². The second-order valence-corrected chi connectivity index (χ2v) is 5.85. The van der Waals surface area contributed by atoms with E-state index in [0.717, 1.165) is 10.8 Å². The molecule has 0 fully saturated rings. The third kappa shape index (κ3) is 3.34. The van der Waals surface area contributed by atoms with E-state index >= 15 is 0 Å². The molecule has 0 unspecified atom stereocenters. The number of aromatic amines is 1. The number of hydrogen-bond donors (Lipinski definition) is 2. The van der Waals surface area contributed by atoms with Crippen LogP contribution in [-0.2, 0) is 13.1 Å². The number of H-pyrrole nitrogens is 1. The molecule has 0 aliphatic carbocycles. The van der Waals surface area contributed by atoms with Gasteiger partial charge in [0.05, 0.1) is 19.4 Å². The van der Waals surface area contributed by atoms with Gasteiger partial charge in [-0.2, -0.15) is 0 Å². The number of benzene rings is 1. The topological polar surface area (TPSA) is 116 Å². The van der Waals surface area contributed by atoms with E-state index in [0.29, 0.717) is 22.8 Å². The Kier molecular flexibility index (Phi) is 4.25. The highest BCUT2D eigenvalue weighted by atomic mass is 16.7. The number of rotatable bonds is 5. The summed E-state index contributed by atoms with van der Waals surface area (Å²) in [5.74, 6) is 1.09. The summed E-state index contributed by atoms with van der Waals surface area (Å²) in [6, 6.07) is 8.52. The van der Waals surface area contributed by atoms with Crippen molar-refractivity contribution in [1.82, 2.24) is 14.9 Å². The minimum atomic E-state index is -0.687. The maximum atomic E-state index is 12.6. The summed E-state index contributed by atoms with van der Waals surface area (Å²) >= 11 is 0. The largest absolute Gasteiger partial charge is 0.467 e. The normalized spacial score (nSPS) is 12.1. The average Bonchev–Trinajstić information content (AvgIpc) is 3.34. The fraction of sp³-hybridized carbons (Fsp3) is 0.167. The van der Waals surface area contributed by atoms with Gasteiger partial charge in [0.15, 0.2) is 11.5 Å². The molecule has 9 nitrogen and oxygen atoms in total. The summed E-state index contributed by atoms with van der Waals surface area (Å²) in [7, 11) is 0. The Hall–Kier alpha value is -3.75. The molecular formula is C18H15N3O6. The van der Waals surface area contributed by atoms with Crippen LogP contribution in [0.25, 0.3) is 0 Å². The van der Waals surface area contributed by atoms with E-state index in [-0.39, 0.29) is 25.4 Å². The van der Waals surface area contributed by atoms with Crippen molar-refractivity contribution in [3.05, 3.63) is 80.5 Å². The quantitative estimate of drug-likeness (QED) is 0.688. The van der Waals surface area contributed by atoms with Gasteiger partial charge in [0.25, 0.3) is 11.5 Å². The van der Waals surface area contributed by atoms with Gasteiger partial charge in [0, 0.05) is 6.20 Å². The van der Waals surface area contributed by atoms with E-state index in [9.17, 15) is 14.4 Å². The van der Waals surface area contributed by atoms with Gasteiger partial charge in [0.2, 0.25) is 6.79 Å². The van der Waals surface area contributed by atoms with Crippen LogP contribution in [0.2, 0.25) is 0 Å². The van der Waals surface area contributed by atoms with Crippen LogP contribution in [0, 0.1) is 0 Å². The fourth-order valence-electron chi connectivity index (χ4n) is 2.72. The molecule has 3 heterocycles. The van der Waals surface area contributed by atoms with Crippen molar-refractivity contribution in [3.63, 3.8) is 0 Å². The van der Waals surface area contributed by atoms with Gasteiger partial charge in [-0.05, 0) is 29.8 Å². The van der Waals surface area contributed by atoms with E-state index < -0.39 is 17.2 Å². The molecule has 1 aliphatic heterocycles. The zero-order valence-electron chi connectivity index (χ0n) is 14.1. The number of ether oxygens (including phenoxy) is 2. The zero-order valence-corrected chi connectivity index (χ0v) is 14.1. The molecule has 27 heavy (non-hydrogen) atoms. The third-order valence-electron chi connectivity index (χ3n) is 4.09. The van der Waals surface area contributed by atoms with Crippen LogP contribution in [0.4, 0.5) is 0 Å². The number of aromatic nitrogens is 2. The van der Waals surface area contributed by atoms with Crippen molar-refractivity contribution in [2.24, 2.45) is 0 Å². The van der Waals surface area contributed by atoms with Gasteiger partial charge in [-0.15, -0.1) is 0 Å². The highest BCUT2D eigenvalue weighted by molar-refractivity contribution is 5.93. The Balaban J connectivity index is 1.58. The van der Waals surface area contributed by atoms with Gasteiger partial charge in [0.1, 0.15) is 11.3 Å². The van der Waals surface area contributed by atoms with Crippen molar-refractivity contribution in [3.8, 4) is 11.5 Å². The number of carbonyl (C=O) groups is 1. The Bertz CT molecular complexity index is 1100. The molecule has 9 heteroatoms. The number of hydrogen-bond acceptors (Lipinski definition) is 6. The number of furan rings is 1. The van der Waals surface area contributed by atoms with E-state index in [1.54, 1.807) is 30.3 Å². The first-order valence-electron chi connectivity index (χ1n) is 8.13. The molecule has 2 N–H and O–H groups in total. The monoisotopic (exact) mass is 369 g/mol. The van der Waals surface area contributed by atoms with Crippen LogP contribution in [0.5, 0.6) is 11.5 Å². The summed E-state index contributed by atoms with van der Waals surface area (Å²) in [5.41, 5.74) is -0.796. The summed E-state index contributed by atoms with van der Waals surface area (Å²) in [4.78, 5) is 39.5. The van der Waals surface area contributed by atoms with Crippen molar-refractivity contribution in [2.45, 2.75) is 13.1 Å². The molecule has 3 aromatic rings. The maximum absolute atomic E-state index is 12.6. The SMILES string of the molecule is O=C(NCc1ccco1)c1c[nH]c(=O)n(Cc2ccc3c(c2)OCO3)c1=O. The number of amides is 1. The summed E-state index contributed by atoms with van der Waals surface area (Å²) in [6.45, 7) is 0.251. The summed E-state index contributed by atoms with van der Waals surface area (Å²) in [5, 5.41) is 2.58. The molecule has 0 radical (unpaired) electrons. The molecule has 1 aliphatic rings. The molecule has 1 amide bonds. The van der Waals surface area contributed by atoms with E-state index in [2.05, 4.69) is 10.3 Å². The predicted octanol–water partition coefficient (Wildman–Crippen LogP) is 0.837. The number of fused-ring (bicyclic) bond motifs is 1. The molecule has 4 rings (SSSR count). The standard InChI is InChI=1S/C18H15N3O6/c22-16(19-7-12-2-1-5-25-12)13-8-20-18(24)21(17(13)23)9-11-3-4-14-15(6-11)27-10-26-14/h1-6,8H,7,9-10H2,(H,19,22)(H,20,24). The molecule has 0 bridgehead atoms. The second kappa shape index (κ2) is 6.87. The highest BCUT2D eigenvalue weighted by Gasteiger charge is 2.17. The Labute approximate surface area is 152 Å². The van der Waals surface area contributed by atoms with E-state index in [4.69, 9.17) is 13.9 Å². The van der Waals surface area contributed by atoms with Gasteiger partial charge < -0.3 is 24.2 Å². The van der Waals surface area contributed by atoms with Gasteiger partial charge >= 0.3 is 5.69 Å². The lowest BCUT2D eigenvalue weighted by Crippen LogP contribution is -2.40. The molecule has 1 aromatic carbocycles. The van der Waals surface area contributed by atoms with Gasteiger partial charge in [-0.1, -0.05) is 6.07 Å². The van der Waals surface area contributed by atoms with Gasteiger partial charge in [-0.25, -0.2) is 4.79 Å². The first-order chi connectivity index (χ1) is 13.1. The summed E-state index contributed by atoms with van der Waals surface area (Å²) < 4.78 is 16.6. The first-order valence-corrected chi connectivity index (χ1v) is 8.13. The van der Waals surface area contributed by atoms with Crippen LogP contribution >= 0.6 is 0 Å². The number of carbonyl (C=O) groups excluding carboxylic acids is 1. The predicted molar refractivity (Wildman–Crippen MR) is 92.9 cm³/mol. The van der Waals surface area contributed by atoms with Crippen molar-refractivity contribution < 1.29 is 18.7 Å². The molecule has 2 aromatic heterocycles. The number of nitrogens with one attached hydrogen (secondary N) is 2. The molecule has 0 saturated heterocycles. The molecular weight excluding hydrogens is 354 g/mol. The maximum Gasteiger partial charge on any atom is 0.328 e. The minimum absolute atomic E-state index is 0.00981. The minimum Gasteiger partial charge on any atom is -0.467 e. The molecule has 0 spiro atoms. The van der Waals surface area contributed by atoms with Crippen LogP contribution in [0.1, 0.15) is 21.7 Å². The second-order valence-electron chi connectivity index (χ2n) is 5.85. The third-order valence-corrected chi connectivity index (χ3v) is 4.09. The van der Waals surface area contributed by atoms with Gasteiger partial charge in [-0.3, -0.25) is 14.2 Å². The van der Waals surface area contributed by atoms with E-state index in [1.165, 1.54) is 6.26 Å². The average molecular weight is 369 g/mol. The van der Waals surface area contributed by atoms with Crippen molar-refractivity contribution in [1.29, 1.82) is 0 Å². The lowest BCUT2D eigenvalue weighted by Gasteiger charge is -2.08. The van der Waals surface area contributed by atoms with E-state index in [1.807, 2.05) is 0 Å². The Morgan fingerprint density at radius 1 is 1.19 bits per heavy atom. The van der Waals surface area contributed by atoms with Crippen molar-refractivity contribution >= 4 is 5.91 Å². The van der Waals surface area contributed by atoms with Crippen molar-refractivity contribution in [2.75, 3.05) is 6.79 Å². The zero-order chi connectivity index (χ0) is 18.8. The lowest BCUT2D eigenvalue weighted by atomic mass is 10.2. The molecule has 0 atom stereocenters. The fourth-order valence-corrected chi connectivity index (χ4v) is 2.72. The highest BCUT2D eigenvalue weighted by Crippen LogP contribution is 2.32. The van der Waals surface area contributed by atoms with Crippen LogP contribution in [0.3, 0.4) is 0 Å². The first kappa shape index (κ1) is 16.7. The summed E-state index contributed by atoms with van der Waals surface area (Å²) in [6.07, 6.45) is 2.60. The number of nitrogens with zero attached hydrogens (tertiary/aromatic N) is 1. The Morgan fingerprint density at radius 2 is 2.04 bits per heavy atom. The lowest BCUT2D eigenvalue weighted by molar-refractivity contribution is 0.0945. The Morgan fingerprint density at radius 3 is 2.85 bits per heavy atom. The molecule has 0 saturated carbocycles.